The SMILES string of the molecule is COC(=O)c1ccc(CNC(C)c2cccs2)cc1. The minimum absolute atomic E-state index is 0.300. The minimum atomic E-state index is -0.300. The lowest BCUT2D eigenvalue weighted by Gasteiger charge is -2.12. The molecule has 3 nitrogen and oxygen atoms in total. The number of ether oxygens (including phenoxy) is 1. The maximum Gasteiger partial charge on any atom is 0.337 e. The Kier molecular flexibility index (Phi) is 4.71. The molecule has 100 valence electrons. The van der Waals surface area contributed by atoms with Crippen LogP contribution in [0.2, 0.25) is 0 Å². The maximum absolute atomic E-state index is 11.3. The molecule has 0 radical (unpaired) electrons. The largest absolute Gasteiger partial charge is 0.465 e. The van der Waals surface area contributed by atoms with E-state index in [0.29, 0.717) is 11.6 Å². The number of methoxy groups -OCH3 is 1. The summed E-state index contributed by atoms with van der Waals surface area (Å²) < 4.78 is 4.67. The first kappa shape index (κ1) is 13.8. The summed E-state index contributed by atoms with van der Waals surface area (Å²) in [5.41, 5.74) is 1.73. The van der Waals surface area contributed by atoms with Gasteiger partial charge in [0.25, 0.3) is 0 Å². The summed E-state index contributed by atoms with van der Waals surface area (Å²) in [5.74, 6) is -0.300. The highest BCUT2D eigenvalue weighted by Gasteiger charge is 2.07. The van der Waals surface area contributed by atoms with Crippen LogP contribution in [-0.4, -0.2) is 13.1 Å². The fourth-order valence-corrected chi connectivity index (χ4v) is 2.54. The summed E-state index contributed by atoms with van der Waals surface area (Å²) in [6.45, 7) is 2.93. The Bertz CT molecular complexity index is 520. The van der Waals surface area contributed by atoms with Gasteiger partial charge in [0.2, 0.25) is 0 Å². The Morgan fingerprint density at radius 1 is 1.32 bits per heavy atom. The molecule has 19 heavy (non-hydrogen) atoms. The van der Waals surface area contributed by atoms with Gasteiger partial charge >= 0.3 is 5.97 Å². The third-order valence-corrected chi connectivity index (χ3v) is 4.01. The molecule has 1 N–H and O–H groups in total. The molecule has 0 saturated heterocycles. The third kappa shape index (κ3) is 3.66. The molecule has 0 aliphatic heterocycles. The van der Waals surface area contributed by atoms with E-state index in [-0.39, 0.29) is 5.97 Å². The third-order valence-electron chi connectivity index (χ3n) is 2.96. The van der Waals surface area contributed by atoms with E-state index in [1.165, 1.54) is 12.0 Å². The Labute approximate surface area is 117 Å². The molecule has 2 aromatic rings. The highest BCUT2D eigenvalue weighted by Crippen LogP contribution is 2.18. The van der Waals surface area contributed by atoms with Crippen LogP contribution in [0.25, 0.3) is 0 Å². The molecule has 1 aromatic carbocycles. The maximum atomic E-state index is 11.3. The molecule has 1 aromatic heterocycles. The van der Waals surface area contributed by atoms with Crippen molar-refractivity contribution >= 4 is 17.3 Å². The molecule has 0 saturated carbocycles. The zero-order chi connectivity index (χ0) is 13.7. The van der Waals surface area contributed by atoms with Gasteiger partial charge in [0.15, 0.2) is 0 Å². The standard InChI is InChI=1S/C15H17NO2S/c1-11(14-4-3-9-19-14)16-10-12-5-7-13(8-6-12)15(17)18-2/h3-9,11,16H,10H2,1-2H3. The van der Waals surface area contributed by atoms with Crippen LogP contribution >= 0.6 is 11.3 Å². The molecule has 0 aliphatic rings. The Hall–Kier alpha value is -1.65. The zero-order valence-corrected chi connectivity index (χ0v) is 11.9. The summed E-state index contributed by atoms with van der Waals surface area (Å²) in [6.07, 6.45) is 0. The molecule has 4 heteroatoms. The fraction of sp³-hybridized carbons (Fsp3) is 0.267. The predicted molar refractivity (Wildman–Crippen MR) is 77.4 cm³/mol. The molecular formula is C15H17NO2S. The van der Waals surface area contributed by atoms with Gasteiger partial charge in [-0.2, -0.15) is 0 Å². The molecule has 0 amide bonds. The molecule has 1 atom stereocenters. The van der Waals surface area contributed by atoms with Crippen LogP contribution in [0.1, 0.15) is 33.8 Å². The van der Waals surface area contributed by atoms with Gasteiger partial charge in [-0.3, -0.25) is 0 Å². The van der Waals surface area contributed by atoms with Gasteiger partial charge in [-0.1, -0.05) is 18.2 Å². The van der Waals surface area contributed by atoms with Crippen molar-refractivity contribution in [3.8, 4) is 0 Å². The summed E-state index contributed by atoms with van der Waals surface area (Å²) in [5, 5.41) is 5.54. The second kappa shape index (κ2) is 6.50. The van der Waals surface area contributed by atoms with E-state index >= 15 is 0 Å². The van der Waals surface area contributed by atoms with Gasteiger partial charge in [0, 0.05) is 17.5 Å². The number of carbonyl (C=O) groups is 1. The Balaban J connectivity index is 1.91. The van der Waals surface area contributed by atoms with Gasteiger partial charge in [0.1, 0.15) is 0 Å². The lowest BCUT2D eigenvalue weighted by atomic mass is 10.1. The van der Waals surface area contributed by atoms with Crippen molar-refractivity contribution < 1.29 is 9.53 Å². The topological polar surface area (TPSA) is 38.3 Å². The number of thiophene rings is 1. The average molecular weight is 275 g/mol. The lowest BCUT2D eigenvalue weighted by Crippen LogP contribution is -2.17. The molecule has 2 rings (SSSR count). The second-order valence-corrected chi connectivity index (χ2v) is 5.29. The average Bonchev–Trinajstić information content (AvgIpc) is 2.98. The van der Waals surface area contributed by atoms with Crippen molar-refractivity contribution in [1.82, 2.24) is 5.32 Å². The van der Waals surface area contributed by atoms with Crippen LogP contribution in [0.5, 0.6) is 0 Å². The highest BCUT2D eigenvalue weighted by molar-refractivity contribution is 7.10. The van der Waals surface area contributed by atoms with Crippen LogP contribution < -0.4 is 5.32 Å². The number of benzene rings is 1. The van der Waals surface area contributed by atoms with Crippen molar-refractivity contribution in [3.63, 3.8) is 0 Å². The van der Waals surface area contributed by atoms with E-state index < -0.39 is 0 Å². The molecular weight excluding hydrogens is 258 g/mol. The van der Waals surface area contributed by atoms with E-state index in [0.717, 1.165) is 12.1 Å². The fourth-order valence-electron chi connectivity index (χ4n) is 1.79. The van der Waals surface area contributed by atoms with Crippen molar-refractivity contribution in [2.24, 2.45) is 0 Å². The summed E-state index contributed by atoms with van der Waals surface area (Å²) in [4.78, 5) is 12.6. The summed E-state index contributed by atoms with van der Waals surface area (Å²) in [7, 11) is 1.39. The van der Waals surface area contributed by atoms with Crippen molar-refractivity contribution in [2.45, 2.75) is 19.5 Å². The number of nitrogens with one attached hydrogen (secondary N) is 1. The Morgan fingerprint density at radius 2 is 2.05 bits per heavy atom. The molecule has 0 bridgehead atoms. The van der Waals surface area contributed by atoms with Crippen molar-refractivity contribution in [2.75, 3.05) is 7.11 Å². The summed E-state index contributed by atoms with van der Waals surface area (Å²) >= 11 is 1.75. The van der Waals surface area contributed by atoms with Gasteiger partial charge in [0.05, 0.1) is 12.7 Å². The van der Waals surface area contributed by atoms with E-state index in [4.69, 9.17) is 0 Å². The first-order valence-electron chi connectivity index (χ1n) is 6.14. The van der Waals surface area contributed by atoms with E-state index in [1.54, 1.807) is 23.5 Å². The van der Waals surface area contributed by atoms with Crippen LogP contribution in [0, 0.1) is 0 Å². The second-order valence-electron chi connectivity index (χ2n) is 4.31. The quantitative estimate of drug-likeness (QED) is 0.850. The van der Waals surface area contributed by atoms with Gasteiger partial charge < -0.3 is 10.1 Å². The van der Waals surface area contributed by atoms with Gasteiger partial charge in [-0.15, -0.1) is 11.3 Å². The smallest absolute Gasteiger partial charge is 0.337 e. The first-order chi connectivity index (χ1) is 9.20. The van der Waals surface area contributed by atoms with E-state index in [1.807, 2.05) is 12.1 Å². The number of hydrogen-bond donors (Lipinski definition) is 1. The van der Waals surface area contributed by atoms with Gasteiger partial charge in [-0.05, 0) is 36.1 Å². The van der Waals surface area contributed by atoms with E-state index in [9.17, 15) is 4.79 Å². The lowest BCUT2D eigenvalue weighted by molar-refractivity contribution is 0.0600. The number of carbonyl (C=O) groups excluding carboxylic acids is 1. The highest BCUT2D eigenvalue weighted by atomic mass is 32.1. The molecule has 0 spiro atoms. The molecule has 1 unspecified atom stereocenters. The number of rotatable bonds is 5. The van der Waals surface area contributed by atoms with Gasteiger partial charge in [-0.25, -0.2) is 4.79 Å². The summed E-state index contributed by atoms with van der Waals surface area (Å²) in [6, 6.07) is 12.0. The normalized spacial score (nSPS) is 12.1. The predicted octanol–water partition coefficient (Wildman–Crippen LogP) is 3.39. The van der Waals surface area contributed by atoms with Crippen molar-refractivity contribution in [3.05, 3.63) is 57.8 Å². The van der Waals surface area contributed by atoms with E-state index in [2.05, 4.69) is 34.5 Å². The molecule has 0 aliphatic carbocycles. The monoisotopic (exact) mass is 275 g/mol. The first-order valence-corrected chi connectivity index (χ1v) is 7.02. The van der Waals surface area contributed by atoms with Crippen LogP contribution in [0.4, 0.5) is 0 Å². The van der Waals surface area contributed by atoms with Crippen LogP contribution in [0.15, 0.2) is 41.8 Å². The van der Waals surface area contributed by atoms with Crippen molar-refractivity contribution in [1.29, 1.82) is 0 Å². The number of hydrogen-bond acceptors (Lipinski definition) is 4. The molecule has 1 heterocycles. The zero-order valence-electron chi connectivity index (χ0n) is 11.1. The Morgan fingerprint density at radius 3 is 2.63 bits per heavy atom. The minimum Gasteiger partial charge on any atom is -0.465 e. The van der Waals surface area contributed by atoms with Crippen LogP contribution in [-0.2, 0) is 11.3 Å². The molecule has 0 fully saturated rings. The van der Waals surface area contributed by atoms with Crippen LogP contribution in [0.3, 0.4) is 0 Å². The number of esters is 1.